The third kappa shape index (κ3) is 4.43. The molecule has 0 saturated carbocycles. The predicted molar refractivity (Wildman–Crippen MR) is 153 cm³/mol. The van der Waals surface area contributed by atoms with E-state index < -0.39 is 17.3 Å². The number of aryl methyl sites for hydroxylation is 1. The molecule has 2 N–H and O–H groups in total. The first kappa shape index (κ1) is 27.0. The minimum atomic E-state index is -0.842. The summed E-state index contributed by atoms with van der Waals surface area (Å²) in [6.07, 6.45) is 2.81. The van der Waals surface area contributed by atoms with E-state index in [0.29, 0.717) is 59.1 Å². The number of rotatable bonds is 7. The van der Waals surface area contributed by atoms with E-state index in [0.717, 1.165) is 11.1 Å². The van der Waals surface area contributed by atoms with Crippen LogP contribution in [0, 0.1) is 12.7 Å². The predicted octanol–water partition coefficient (Wildman–Crippen LogP) is 4.86. The molecule has 3 aromatic carbocycles. The van der Waals surface area contributed by atoms with E-state index in [1.54, 1.807) is 43.2 Å². The van der Waals surface area contributed by atoms with Gasteiger partial charge in [0.1, 0.15) is 29.1 Å². The number of hydrogen-bond donors (Lipinski definition) is 1. The zero-order valence-corrected chi connectivity index (χ0v) is 23.3. The first-order chi connectivity index (χ1) is 20.3. The van der Waals surface area contributed by atoms with Crippen molar-refractivity contribution < 1.29 is 23.4 Å². The number of carbonyl (C=O) groups is 1. The van der Waals surface area contributed by atoms with E-state index in [1.807, 2.05) is 25.1 Å². The molecule has 1 atom stereocenters. The van der Waals surface area contributed by atoms with Crippen LogP contribution in [0.25, 0.3) is 16.6 Å². The first-order valence-electron chi connectivity index (χ1n) is 13.4. The molecule has 0 radical (unpaired) electrons. The van der Waals surface area contributed by atoms with Gasteiger partial charge in [-0.05, 0) is 55.2 Å². The highest BCUT2D eigenvalue weighted by atomic mass is 19.1. The van der Waals surface area contributed by atoms with Crippen LogP contribution < -0.4 is 25.5 Å². The van der Waals surface area contributed by atoms with Gasteiger partial charge in [0.15, 0.2) is 11.5 Å². The van der Waals surface area contributed by atoms with Crippen molar-refractivity contribution >= 4 is 16.8 Å². The lowest BCUT2D eigenvalue weighted by molar-refractivity contribution is 0.0997. The Hall–Kier alpha value is -5.19. The molecule has 10 nitrogen and oxygen atoms in total. The van der Waals surface area contributed by atoms with Crippen molar-refractivity contribution in [3.8, 4) is 28.8 Å². The number of aromatic nitrogens is 4. The summed E-state index contributed by atoms with van der Waals surface area (Å²) in [7, 11) is 3.11. The first-order valence-corrected chi connectivity index (χ1v) is 13.4. The highest BCUT2D eigenvalue weighted by Crippen LogP contribution is 2.39. The summed E-state index contributed by atoms with van der Waals surface area (Å²) in [5, 5.41) is 0.649. The van der Waals surface area contributed by atoms with Gasteiger partial charge in [-0.1, -0.05) is 24.3 Å². The summed E-state index contributed by atoms with van der Waals surface area (Å²) in [5.41, 5.74) is 7.84. The van der Waals surface area contributed by atoms with E-state index in [1.165, 1.54) is 23.1 Å². The van der Waals surface area contributed by atoms with Gasteiger partial charge in [0.05, 0.1) is 30.8 Å². The number of benzene rings is 3. The number of halogens is 1. The number of nitrogens with two attached hydrogens (primary N) is 1. The second-order valence-corrected chi connectivity index (χ2v) is 10.0. The molecule has 3 heterocycles. The lowest BCUT2D eigenvalue weighted by Gasteiger charge is -2.27. The molecule has 0 aliphatic carbocycles. The smallest absolute Gasteiger partial charge is 0.284 e. The second kappa shape index (κ2) is 10.7. The molecular formula is C31H28FN5O5. The molecule has 42 heavy (non-hydrogen) atoms. The van der Waals surface area contributed by atoms with Crippen molar-refractivity contribution in [3.05, 3.63) is 99.5 Å². The number of carbonyl (C=O) groups excluding carboxylic acids is 1. The Bertz CT molecular complexity index is 1910. The molecule has 0 saturated heterocycles. The fourth-order valence-corrected chi connectivity index (χ4v) is 5.69. The highest BCUT2D eigenvalue weighted by Gasteiger charge is 2.34. The van der Waals surface area contributed by atoms with Crippen molar-refractivity contribution in [2.24, 2.45) is 5.73 Å². The van der Waals surface area contributed by atoms with Gasteiger partial charge in [0.2, 0.25) is 5.88 Å². The molecule has 0 bridgehead atoms. The zero-order chi connectivity index (χ0) is 29.5. The molecule has 6 rings (SSSR count). The fourth-order valence-electron chi connectivity index (χ4n) is 5.69. The number of para-hydroxylation sites is 1. The van der Waals surface area contributed by atoms with Crippen LogP contribution in [0.2, 0.25) is 0 Å². The molecule has 11 heteroatoms. The number of fused-ring (bicyclic) bond motifs is 2. The Labute approximate surface area is 240 Å². The lowest BCUT2D eigenvalue weighted by atomic mass is 9.86. The SMILES string of the molecule is COc1cc2ncnc(Oc3ccc(C4CCCn5c4c(C(N)=O)c(=O)n5-c4ccccc4F)cc3C)c2cc1OC. The van der Waals surface area contributed by atoms with Gasteiger partial charge in [-0.15, -0.1) is 0 Å². The average molecular weight is 570 g/mol. The van der Waals surface area contributed by atoms with Crippen LogP contribution in [0.4, 0.5) is 4.39 Å². The maximum atomic E-state index is 14.8. The zero-order valence-electron chi connectivity index (χ0n) is 23.3. The number of nitrogens with zero attached hydrogens (tertiary/aromatic N) is 4. The van der Waals surface area contributed by atoms with E-state index in [-0.39, 0.29) is 17.2 Å². The second-order valence-electron chi connectivity index (χ2n) is 10.0. The van der Waals surface area contributed by atoms with Crippen LogP contribution in [0.3, 0.4) is 0 Å². The van der Waals surface area contributed by atoms with Crippen molar-refractivity contribution in [2.45, 2.75) is 32.2 Å². The van der Waals surface area contributed by atoms with Gasteiger partial charge < -0.3 is 19.9 Å². The molecular weight excluding hydrogens is 541 g/mol. The third-order valence-corrected chi connectivity index (χ3v) is 7.61. The van der Waals surface area contributed by atoms with E-state index in [4.69, 9.17) is 19.9 Å². The number of primary amides is 1. The molecule has 214 valence electrons. The number of amides is 1. The van der Waals surface area contributed by atoms with Crippen LogP contribution in [-0.2, 0) is 6.54 Å². The Morgan fingerprint density at radius 1 is 1.02 bits per heavy atom. The largest absolute Gasteiger partial charge is 0.493 e. The summed E-state index contributed by atoms with van der Waals surface area (Å²) in [6.45, 7) is 2.35. The van der Waals surface area contributed by atoms with E-state index >= 15 is 0 Å². The lowest BCUT2D eigenvalue weighted by Crippen LogP contribution is -2.26. The quantitative estimate of drug-likeness (QED) is 0.297. The van der Waals surface area contributed by atoms with Crippen LogP contribution in [-0.4, -0.2) is 39.5 Å². The average Bonchev–Trinajstić information content (AvgIpc) is 3.29. The van der Waals surface area contributed by atoms with Gasteiger partial charge in [-0.2, -0.15) is 0 Å². The molecule has 1 unspecified atom stereocenters. The van der Waals surface area contributed by atoms with Gasteiger partial charge >= 0.3 is 0 Å². The molecule has 1 amide bonds. The van der Waals surface area contributed by atoms with Crippen LogP contribution >= 0.6 is 0 Å². The topological polar surface area (TPSA) is 123 Å². The molecule has 5 aromatic rings. The third-order valence-electron chi connectivity index (χ3n) is 7.61. The molecule has 2 aromatic heterocycles. The minimum Gasteiger partial charge on any atom is -0.493 e. The Morgan fingerprint density at radius 3 is 2.50 bits per heavy atom. The number of hydrogen-bond acceptors (Lipinski definition) is 7. The van der Waals surface area contributed by atoms with Gasteiger partial charge in [-0.25, -0.2) is 19.0 Å². The van der Waals surface area contributed by atoms with Crippen LogP contribution in [0.1, 0.15) is 45.9 Å². The monoisotopic (exact) mass is 569 g/mol. The summed E-state index contributed by atoms with van der Waals surface area (Å²) in [4.78, 5) is 34.7. The molecule has 0 fully saturated rings. The van der Waals surface area contributed by atoms with Crippen molar-refractivity contribution in [1.82, 2.24) is 19.3 Å². The Morgan fingerprint density at radius 2 is 1.79 bits per heavy atom. The molecule has 1 aliphatic heterocycles. The normalized spacial score (nSPS) is 14.4. The Kier molecular flexibility index (Phi) is 6.85. The molecule has 1 aliphatic rings. The van der Waals surface area contributed by atoms with Gasteiger partial charge in [0.25, 0.3) is 11.5 Å². The summed E-state index contributed by atoms with van der Waals surface area (Å²) < 4.78 is 34.8. The number of methoxy groups -OCH3 is 2. The summed E-state index contributed by atoms with van der Waals surface area (Å²) in [5.74, 6) is 0.259. The molecule has 0 spiro atoms. The van der Waals surface area contributed by atoms with Crippen molar-refractivity contribution in [1.29, 1.82) is 0 Å². The summed E-state index contributed by atoms with van der Waals surface area (Å²) in [6, 6.07) is 15.2. The summed E-state index contributed by atoms with van der Waals surface area (Å²) >= 11 is 0. The van der Waals surface area contributed by atoms with E-state index in [2.05, 4.69) is 9.97 Å². The Balaban J connectivity index is 1.40. The van der Waals surface area contributed by atoms with Crippen molar-refractivity contribution in [3.63, 3.8) is 0 Å². The maximum Gasteiger partial charge on any atom is 0.284 e. The van der Waals surface area contributed by atoms with Crippen molar-refractivity contribution in [2.75, 3.05) is 14.2 Å². The maximum absolute atomic E-state index is 14.8. The highest BCUT2D eigenvalue weighted by molar-refractivity contribution is 5.94. The fraction of sp³-hybridized carbons (Fsp3) is 0.226. The number of ether oxygens (including phenoxy) is 3. The minimum absolute atomic E-state index is 0.0724. The van der Waals surface area contributed by atoms with Gasteiger partial charge in [-0.3, -0.25) is 14.3 Å². The van der Waals surface area contributed by atoms with Crippen LogP contribution in [0.15, 0.2) is 65.7 Å². The van der Waals surface area contributed by atoms with E-state index in [9.17, 15) is 14.0 Å². The van der Waals surface area contributed by atoms with Gasteiger partial charge in [0, 0.05) is 18.5 Å². The van der Waals surface area contributed by atoms with Crippen LogP contribution in [0.5, 0.6) is 23.1 Å². The standard InChI is InChI=1S/C31H28FN5O5/c1-17-13-18(10-11-24(17)42-30-20-14-25(40-2)26(41-3)15-22(20)34-16-35-30)19-7-6-12-36-28(19)27(29(33)38)31(39)37(36)23-9-5-4-8-21(23)32/h4-5,8-11,13-16,19H,6-7,12H2,1-3H3,(H2,33,38).